The van der Waals surface area contributed by atoms with Gasteiger partial charge in [-0.2, -0.15) is 0 Å². The van der Waals surface area contributed by atoms with E-state index in [0.29, 0.717) is 0 Å². The average molecular weight is 114 g/mol. The number of rotatable bonds is 2. The minimum atomic E-state index is 0.0556. The van der Waals surface area contributed by atoms with Crippen LogP contribution in [0.4, 0.5) is 0 Å². The summed E-state index contributed by atoms with van der Waals surface area (Å²) in [5.74, 6) is 5.27. The number of carbonyl (C=O) groups is 1. The maximum absolute atomic E-state index is 10.4. The Kier molecular flexibility index (Phi) is 1.21. The highest BCUT2D eigenvalue weighted by Gasteiger charge is 2.42. The first-order chi connectivity index (χ1) is 3.77. The lowest BCUT2D eigenvalue weighted by Gasteiger charge is -1.86. The second kappa shape index (κ2) is 1.74. The summed E-state index contributed by atoms with van der Waals surface area (Å²) in [7, 11) is 0. The molecule has 2 N–H and O–H groups in total. The zero-order valence-electron chi connectivity index (χ0n) is 4.92. The fraction of sp³-hybridized carbons (Fsp3) is 0.800. The van der Waals surface area contributed by atoms with Gasteiger partial charge in [0.15, 0.2) is 0 Å². The molecule has 0 aromatic carbocycles. The van der Waals surface area contributed by atoms with Crippen molar-refractivity contribution >= 4 is 5.91 Å². The van der Waals surface area contributed by atoms with Gasteiger partial charge in [0.2, 0.25) is 0 Å². The Morgan fingerprint density at radius 1 is 1.88 bits per heavy atom. The zero-order valence-corrected chi connectivity index (χ0v) is 4.92. The molecule has 1 unspecified atom stereocenters. The minimum Gasteiger partial charge on any atom is -0.271 e. The number of carbonyl (C=O) groups excluding carboxylic acids is 1. The summed E-state index contributed by atoms with van der Waals surface area (Å²) in [6, 6.07) is 0.0556. The van der Waals surface area contributed by atoms with Gasteiger partial charge in [-0.3, -0.25) is 9.80 Å². The van der Waals surface area contributed by atoms with E-state index in [-0.39, 0.29) is 11.9 Å². The molecule has 0 radical (unpaired) electrons. The molecule has 0 saturated carbocycles. The van der Waals surface area contributed by atoms with Crippen LogP contribution in [0.1, 0.15) is 19.8 Å². The molecule has 1 aliphatic rings. The van der Waals surface area contributed by atoms with Crippen LogP contribution in [0.25, 0.3) is 0 Å². The van der Waals surface area contributed by atoms with Crippen molar-refractivity contribution in [2.24, 2.45) is 5.84 Å². The molecule has 3 heteroatoms. The number of hydrazine groups is 1. The van der Waals surface area contributed by atoms with Gasteiger partial charge in [-0.25, -0.2) is 5.84 Å². The van der Waals surface area contributed by atoms with Gasteiger partial charge in [-0.05, 0) is 6.42 Å². The maximum Gasteiger partial charge on any atom is 0.261 e. The Labute approximate surface area is 48.4 Å². The van der Waals surface area contributed by atoms with Gasteiger partial charge in [-0.1, -0.05) is 13.3 Å². The van der Waals surface area contributed by atoms with E-state index in [4.69, 9.17) is 5.84 Å². The van der Waals surface area contributed by atoms with Crippen LogP contribution >= 0.6 is 0 Å². The number of hydrogen-bond acceptors (Lipinski definition) is 2. The molecule has 1 amide bonds. The van der Waals surface area contributed by atoms with Crippen molar-refractivity contribution in [2.45, 2.75) is 25.8 Å². The molecule has 0 aliphatic carbocycles. The summed E-state index contributed by atoms with van der Waals surface area (Å²) in [4.78, 5) is 10.4. The second-order valence-corrected chi connectivity index (χ2v) is 2.05. The van der Waals surface area contributed by atoms with Crippen LogP contribution < -0.4 is 5.84 Å². The van der Waals surface area contributed by atoms with Gasteiger partial charge >= 0.3 is 0 Å². The third kappa shape index (κ3) is 0.690. The summed E-state index contributed by atoms with van der Waals surface area (Å²) < 4.78 is 0. The standard InChI is InChI=1S/C5H10N2O/c1-2-3-4-5(8)7(4)6/h4H,2-3,6H2,1H3. The smallest absolute Gasteiger partial charge is 0.261 e. The van der Waals surface area contributed by atoms with E-state index >= 15 is 0 Å². The molecule has 1 heterocycles. The summed E-state index contributed by atoms with van der Waals surface area (Å²) >= 11 is 0. The van der Waals surface area contributed by atoms with Crippen LogP contribution in [0.5, 0.6) is 0 Å². The Hall–Kier alpha value is -0.570. The first-order valence-corrected chi connectivity index (χ1v) is 2.85. The van der Waals surface area contributed by atoms with Crippen LogP contribution in [0.2, 0.25) is 0 Å². The molecule has 8 heavy (non-hydrogen) atoms. The Morgan fingerprint density at radius 3 is 2.50 bits per heavy atom. The van der Waals surface area contributed by atoms with Gasteiger partial charge in [0.1, 0.15) is 6.04 Å². The number of nitrogens with two attached hydrogens (primary N) is 1. The summed E-state index contributed by atoms with van der Waals surface area (Å²) in [5.41, 5.74) is 0. The molecular weight excluding hydrogens is 104 g/mol. The molecule has 3 nitrogen and oxygen atoms in total. The summed E-state index contributed by atoms with van der Waals surface area (Å²) in [6.45, 7) is 2.04. The van der Waals surface area contributed by atoms with Crippen molar-refractivity contribution in [3.8, 4) is 0 Å². The van der Waals surface area contributed by atoms with E-state index in [2.05, 4.69) is 0 Å². The molecule has 1 aliphatic heterocycles. The minimum absolute atomic E-state index is 0.0556. The second-order valence-electron chi connectivity index (χ2n) is 2.05. The maximum atomic E-state index is 10.4. The van der Waals surface area contributed by atoms with Crippen molar-refractivity contribution in [3.63, 3.8) is 0 Å². The summed E-state index contributed by atoms with van der Waals surface area (Å²) in [5, 5.41) is 1.28. The van der Waals surface area contributed by atoms with Gasteiger partial charge in [-0.15, -0.1) is 0 Å². The quantitative estimate of drug-likeness (QED) is 0.309. The molecular formula is C5H10N2O. The van der Waals surface area contributed by atoms with Crippen LogP contribution in [0, 0.1) is 0 Å². The van der Waals surface area contributed by atoms with Crippen LogP contribution in [-0.2, 0) is 4.79 Å². The summed E-state index contributed by atoms with van der Waals surface area (Å²) in [6.07, 6.45) is 1.94. The SMILES string of the molecule is CCCC1C(=O)N1N. The molecule has 0 spiro atoms. The lowest BCUT2D eigenvalue weighted by molar-refractivity contribution is -0.114. The lowest BCUT2D eigenvalue weighted by Crippen LogP contribution is -2.09. The first-order valence-electron chi connectivity index (χ1n) is 2.85. The lowest BCUT2D eigenvalue weighted by atomic mass is 10.3. The Balaban J connectivity index is 2.23. The number of amides is 1. The van der Waals surface area contributed by atoms with Crippen molar-refractivity contribution in [3.05, 3.63) is 0 Å². The molecule has 1 rings (SSSR count). The zero-order chi connectivity index (χ0) is 6.15. The van der Waals surface area contributed by atoms with E-state index in [0.717, 1.165) is 12.8 Å². The third-order valence-electron chi connectivity index (χ3n) is 1.37. The van der Waals surface area contributed by atoms with Crippen molar-refractivity contribution < 1.29 is 4.79 Å². The van der Waals surface area contributed by atoms with Gasteiger partial charge in [0.05, 0.1) is 0 Å². The van der Waals surface area contributed by atoms with E-state index in [9.17, 15) is 4.79 Å². The highest BCUT2D eigenvalue weighted by molar-refractivity contribution is 5.95. The van der Waals surface area contributed by atoms with E-state index in [1.807, 2.05) is 6.92 Å². The van der Waals surface area contributed by atoms with E-state index in [1.165, 1.54) is 5.01 Å². The highest BCUT2D eigenvalue weighted by atomic mass is 16.2. The van der Waals surface area contributed by atoms with Crippen molar-refractivity contribution in [1.82, 2.24) is 5.01 Å². The Morgan fingerprint density at radius 2 is 2.38 bits per heavy atom. The molecule has 0 aromatic heterocycles. The monoisotopic (exact) mass is 114 g/mol. The Bertz CT molecular complexity index is 113. The fourth-order valence-corrected chi connectivity index (χ4v) is 0.769. The predicted octanol–water partition coefficient (Wildman–Crippen LogP) is -0.129. The molecule has 0 aromatic rings. The van der Waals surface area contributed by atoms with Crippen LogP contribution in [0.3, 0.4) is 0 Å². The third-order valence-corrected chi connectivity index (χ3v) is 1.37. The van der Waals surface area contributed by atoms with E-state index < -0.39 is 0 Å². The molecule has 1 fully saturated rings. The largest absolute Gasteiger partial charge is 0.271 e. The van der Waals surface area contributed by atoms with E-state index in [1.54, 1.807) is 0 Å². The van der Waals surface area contributed by atoms with Gasteiger partial charge in [0, 0.05) is 0 Å². The van der Waals surface area contributed by atoms with Gasteiger partial charge < -0.3 is 0 Å². The van der Waals surface area contributed by atoms with Crippen LogP contribution in [-0.4, -0.2) is 17.0 Å². The predicted molar refractivity (Wildman–Crippen MR) is 29.7 cm³/mol. The average Bonchev–Trinajstić information content (AvgIpc) is 2.25. The first kappa shape index (κ1) is 5.56. The fourth-order valence-electron chi connectivity index (χ4n) is 0.769. The number of hydrogen-bond donors (Lipinski definition) is 1. The molecule has 0 bridgehead atoms. The molecule has 1 saturated heterocycles. The molecule has 1 atom stereocenters. The topological polar surface area (TPSA) is 46.1 Å². The van der Waals surface area contributed by atoms with Crippen molar-refractivity contribution in [2.75, 3.05) is 0 Å². The normalized spacial score (nSPS) is 26.5. The van der Waals surface area contributed by atoms with Gasteiger partial charge in [0.25, 0.3) is 5.91 Å². The highest BCUT2D eigenvalue weighted by Crippen LogP contribution is 2.18. The molecule has 46 valence electrons. The van der Waals surface area contributed by atoms with Crippen LogP contribution in [0.15, 0.2) is 0 Å². The number of nitrogens with zero attached hydrogens (tertiary/aromatic N) is 1. The van der Waals surface area contributed by atoms with Crippen molar-refractivity contribution in [1.29, 1.82) is 0 Å².